The van der Waals surface area contributed by atoms with E-state index in [1.807, 2.05) is 11.8 Å². The van der Waals surface area contributed by atoms with E-state index in [0.29, 0.717) is 0 Å². The zero-order valence-electron chi connectivity index (χ0n) is 8.38. The highest BCUT2D eigenvalue weighted by molar-refractivity contribution is 7.99. The summed E-state index contributed by atoms with van der Waals surface area (Å²) >= 11 is 2.02. The molecule has 0 heterocycles. The van der Waals surface area contributed by atoms with Crippen molar-refractivity contribution in [1.29, 1.82) is 0 Å². The van der Waals surface area contributed by atoms with Gasteiger partial charge in [0.05, 0.1) is 0 Å². The first kappa shape index (κ1) is 12.3. The number of hydrogen-bond acceptors (Lipinski definition) is 3. The Bertz CT molecular complexity index is 84.6. The topological polar surface area (TPSA) is 29.3 Å². The third-order valence-electron chi connectivity index (χ3n) is 1.94. The highest BCUT2D eigenvalue weighted by Gasteiger charge is 1.97. The molecule has 0 rings (SSSR count). The lowest BCUT2D eigenvalue weighted by molar-refractivity contribution is 0.324. The molecule has 0 aliphatic heterocycles. The molecule has 0 radical (unpaired) electrons. The molecule has 2 nitrogen and oxygen atoms in total. The van der Waals surface area contributed by atoms with Gasteiger partial charge in [-0.05, 0) is 31.8 Å². The molecule has 0 aromatic rings. The number of hydrogen-bond donors (Lipinski definition) is 1. The molecule has 0 fully saturated rings. The first-order valence-corrected chi connectivity index (χ1v) is 6.00. The van der Waals surface area contributed by atoms with Crippen molar-refractivity contribution in [1.82, 2.24) is 4.90 Å². The van der Waals surface area contributed by atoms with E-state index in [1.54, 1.807) is 0 Å². The van der Waals surface area contributed by atoms with Crippen LogP contribution in [0.5, 0.6) is 0 Å². The monoisotopic (exact) mass is 190 g/mol. The van der Waals surface area contributed by atoms with Gasteiger partial charge in [0.2, 0.25) is 0 Å². The van der Waals surface area contributed by atoms with E-state index < -0.39 is 0 Å². The van der Waals surface area contributed by atoms with Crippen LogP contribution in [0.2, 0.25) is 0 Å². The molecule has 0 aromatic carbocycles. The molecule has 0 aliphatic rings. The quantitative estimate of drug-likeness (QED) is 0.587. The molecule has 0 atom stereocenters. The number of thioether (sulfide) groups is 1. The number of rotatable bonds is 8. The van der Waals surface area contributed by atoms with Gasteiger partial charge < -0.3 is 10.6 Å². The Hall–Kier alpha value is 0.270. The van der Waals surface area contributed by atoms with Gasteiger partial charge in [-0.3, -0.25) is 0 Å². The largest absolute Gasteiger partial charge is 0.330 e. The minimum atomic E-state index is 0.832. The van der Waals surface area contributed by atoms with Crippen molar-refractivity contribution in [3.63, 3.8) is 0 Å². The maximum atomic E-state index is 5.40. The minimum Gasteiger partial charge on any atom is -0.330 e. The zero-order valence-corrected chi connectivity index (χ0v) is 9.20. The van der Waals surface area contributed by atoms with Crippen LogP contribution in [0.25, 0.3) is 0 Å². The van der Waals surface area contributed by atoms with Gasteiger partial charge >= 0.3 is 0 Å². The van der Waals surface area contributed by atoms with Crippen molar-refractivity contribution < 1.29 is 0 Å². The Morgan fingerprint density at radius 2 is 1.83 bits per heavy atom. The van der Waals surface area contributed by atoms with Gasteiger partial charge in [0.1, 0.15) is 0 Å². The van der Waals surface area contributed by atoms with Crippen molar-refractivity contribution in [3.05, 3.63) is 0 Å². The van der Waals surface area contributed by atoms with E-state index in [0.717, 1.165) is 13.0 Å². The average Bonchev–Trinajstić information content (AvgIpc) is 2.11. The van der Waals surface area contributed by atoms with E-state index >= 15 is 0 Å². The van der Waals surface area contributed by atoms with Crippen LogP contribution in [0, 0.1) is 0 Å². The summed E-state index contributed by atoms with van der Waals surface area (Å²) in [6.07, 6.45) is 1.16. The molecule has 0 spiro atoms. The van der Waals surface area contributed by atoms with E-state index in [-0.39, 0.29) is 0 Å². The molecule has 12 heavy (non-hydrogen) atoms. The smallest absolute Gasteiger partial charge is 0.00721 e. The molecule has 0 aliphatic carbocycles. The van der Waals surface area contributed by atoms with Crippen molar-refractivity contribution in [2.45, 2.75) is 20.3 Å². The van der Waals surface area contributed by atoms with Gasteiger partial charge in [0, 0.05) is 12.3 Å². The van der Waals surface area contributed by atoms with Crippen LogP contribution in [0.1, 0.15) is 20.3 Å². The van der Waals surface area contributed by atoms with Crippen LogP contribution in [0.3, 0.4) is 0 Å². The fourth-order valence-electron chi connectivity index (χ4n) is 1.02. The first-order valence-electron chi connectivity index (χ1n) is 4.85. The lowest BCUT2D eigenvalue weighted by Gasteiger charge is -2.17. The minimum absolute atomic E-state index is 0.832. The summed E-state index contributed by atoms with van der Waals surface area (Å²) in [7, 11) is 0. The van der Waals surface area contributed by atoms with Gasteiger partial charge in [-0.25, -0.2) is 0 Å². The Labute approximate surface area is 80.9 Å². The normalized spacial score (nSPS) is 11.0. The second kappa shape index (κ2) is 9.36. The molecule has 2 N–H and O–H groups in total. The summed E-state index contributed by atoms with van der Waals surface area (Å²) < 4.78 is 0. The van der Waals surface area contributed by atoms with Gasteiger partial charge in [0.25, 0.3) is 0 Å². The van der Waals surface area contributed by atoms with Crippen LogP contribution in [0.4, 0.5) is 0 Å². The maximum Gasteiger partial charge on any atom is 0.00721 e. The molecular weight excluding hydrogens is 168 g/mol. The van der Waals surface area contributed by atoms with Gasteiger partial charge in [-0.15, -0.1) is 0 Å². The Kier molecular flexibility index (Phi) is 9.57. The fourth-order valence-corrected chi connectivity index (χ4v) is 1.98. The van der Waals surface area contributed by atoms with Crippen LogP contribution in [0.15, 0.2) is 0 Å². The SMILES string of the molecule is CCN(CC)CCSCCCN. The molecule has 74 valence electrons. The standard InChI is InChI=1S/C9H22N2S/c1-3-11(4-2)7-9-12-8-5-6-10/h3-10H2,1-2H3. The molecule has 0 aromatic heterocycles. The Balaban J connectivity index is 3.06. The summed E-state index contributed by atoms with van der Waals surface area (Å²) in [5.41, 5.74) is 5.40. The van der Waals surface area contributed by atoms with E-state index in [9.17, 15) is 0 Å². The third-order valence-corrected chi connectivity index (χ3v) is 2.99. The predicted molar refractivity (Wildman–Crippen MR) is 58.8 cm³/mol. The van der Waals surface area contributed by atoms with Gasteiger partial charge in [-0.1, -0.05) is 13.8 Å². The summed E-state index contributed by atoms with van der Waals surface area (Å²) in [6, 6.07) is 0. The van der Waals surface area contributed by atoms with Crippen LogP contribution < -0.4 is 5.73 Å². The second-order valence-electron chi connectivity index (χ2n) is 2.78. The van der Waals surface area contributed by atoms with E-state index in [4.69, 9.17) is 5.73 Å². The molecule has 0 unspecified atom stereocenters. The van der Waals surface area contributed by atoms with Crippen LogP contribution in [-0.4, -0.2) is 42.6 Å². The highest BCUT2D eigenvalue weighted by atomic mass is 32.2. The maximum absolute atomic E-state index is 5.40. The summed E-state index contributed by atoms with van der Waals surface area (Å²) in [6.45, 7) is 8.84. The molecular formula is C9H22N2S. The van der Waals surface area contributed by atoms with Crippen LogP contribution >= 0.6 is 11.8 Å². The van der Waals surface area contributed by atoms with Crippen molar-refractivity contribution in [2.24, 2.45) is 5.73 Å². The van der Waals surface area contributed by atoms with Gasteiger partial charge in [0.15, 0.2) is 0 Å². The Morgan fingerprint density at radius 3 is 2.33 bits per heavy atom. The number of nitrogens with zero attached hydrogens (tertiary/aromatic N) is 1. The summed E-state index contributed by atoms with van der Waals surface area (Å²) in [5, 5.41) is 0. The third kappa shape index (κ3) is 6.95. The average molecular weight is 190 g/mol. The molecule has 0 amide bonds. The Morgan fingerprint density at radius 1 is 1.17 bits per heavy atom. The lowest BCUT2D eigenvalue weighted by atomic mass is 10.5. The van der Waals surface area contributed by atoms with Gasteiger partial charge in [-0.2, -0.15) is 11.8 Å². The van der Waals surface area contributed by atoms with Crippen molar-refractivity contribution in [2.75, 3.05) is 37.7 Å². The zero-order chi connectivity index (χ0) is 9.23. The highest BCUT2D eigenvalue weighted by Crippen LogP contribution is 2.02. The number of nitrogens with two attached hydrogens (primary N) is 1. The predicted octanol–water partition coefficient (Wildman–Crippen LogP) is 1.41. The van der Waals surface area contributed by atoms with E-state index in [2.05, 4.69) is 18.7 Å². The first-order chi connectivity index (χ1) is 5.85. The summed E-state index contributed by atoms with van der Waals surface area (Å²) in [4.78, 5) is 2.45. The molecule has 3 heteroatoms. The fraction of sp³-hybridized carbons (Fsp3) is 1.00. The summed E-state index contributed by atoms with van der Waals surface area (Å²) in [5.74, 6) is 2.47. The molecule has 0 saturated heterocycles. The van der Waals surface area contributed by atoms with Crippen LogP contribution in [-0.2, 0) is 0 Å². The molecule has 0 saturated carbocycles. The second-order valence-corrected chi connectivity index (χ2v) is 4.01. The molecule has 0 bridgehead atoms. The lowest BCUT2D eigenvalue weighted by Crippen LogP contribution is -2.25. The van der Waals surface area contributed by atoms with E-state index in [1.165, 1.54) is 31.1 Å². The van der Waals surface area contributed by atoms with Crippen molar-refractivity contribution in [3.8, 4) is 0 Å². The van der Waals surface area contributed by atoms with Crippen molar-refractivity contribution >= 4 is 11.8 Å².